The molecule has 0 spiro atoms. The SMILES string of the molecule is CC1CC(N)CC(C)O1.Cl. The van der Waals surface area contributed by atoms with Crippen molar-refractivity contribution in [3.8, 4) is 0 Å². The Bertz CT molecular complexity index is 74.6. The van der Waals surface area contributed by atoms with Crippen LogP contribution in [0.15, 0.2) is 0 Å². The van der Waals surface area contributed by atoms with Crippen LogP contribution in [0.1, 0.15) is 26.7 Å². The predicted octanol–water partition coefficient (Wildman–Crippen LogP) is 1.32. The Hall–Kier alpha value is 0.210. The second-order valence-corrected chi connectivity index (χ2v) is 2.99. The standard InChI is InChI=1S/C7H15NO.ClH/c1-5-3-7(8)4-6(2)9-5;/h5-7H,3-4,8H2,1-2H3;1H. The molecule has 0 bridgehead atoms. The van der Waals surface area contributed by atoms with Crippen molar-refractivity contribution in [2.75, 3.05) is 0 Å². The Morgan fingerprint density at radius 3 is 1.90 bits per heavy atom. The number of rotatable bonds is 0. The molecule has 0 radical (unpaired) electrons. The minimum absolute atomic E-state index is 0. The molecule has 1 rings (SSSR count). The zero-order valence-corrected chi connectivity index (χ0v) is 7.36. The third-order valence-electron chi connectivity index (χ3n) is 1.73. The van der Waals surface area contributed by atoms with E-state index in [0.717, 1.165) is 12.8 Å². The minimum atomic E-state index is 0. The monoisotopic (exact) mass is 165 g/mol. The van der Waals surface area contributed by atoms with Crippen molar-refractivity contribution in [1.82, 2.24) is 0 Å². The molecule has 1 fully saturated rings. The molecule has 0 amide bonds. The molecule has 0 aliphatic carbocycles. The number of nitrogens with two attached hydrogens (primary N) is 1. The molecule has 2 nitrogen and oxygen atoms in total. The third kappa shape index (κ3) is 2.86. The molecule has 1 saturated heterocycles. The Balaban J connectivity index is 0.000000810. The van der Waals surface area contributed by atoms with Crippen LogP contribution in [-0.4, -0.2) is 18.2 Å². The molecule has 1 aliphatic rings. The highest BCUT2D eigenvalue weighted by molar-refractivity contribution is 5.85. The summed E-state index contributed by atoms with van der Waals surface area (Å²) in [7, 11) is 0. The molecule has 1 aliphatic heterocycles. The van der Waals surface area contributed by atoms with Gasteiger partial charge in [0, 0.05) is 6.04 Å². The topological polar surface area (TPSA) is 35.2 Å². The lowest BCUT2D eigenvalue weighted by Crippen LogP contribution is -2.37. The van der Waals surface area contributed by atoms with E-state index in [9.17, 15) is 0 Å². The van der Waals surface area contributed by atoms with E-state index in [1.54, 1.807) is 0 Å². The van der Waals surface area contributed by atoms with Gasteiger partial charge in [-0.25, -0.2) is 0 Å². The van der Waals surface area contributed by atoms with Crippen molar-refractivity contribution in [2.45, 2.75) is 44.9 Å². The maximum absolute atomic E-state index is 5.74. The van der Waals surface area contributed by atoms with E-state index >= 15 is 0 Å². The quantitative estimate of drug-likeness (QED) is 0.588. The Morgan fingerprint density at radius 2 is 1.60 bits per heavy atom. The van der Waals surface area contributed by atoms with Crippen molar-refractivity contribution >= 4 is 12.4 Å². The van der Waals surface area contributed by atoms with Gasteiger partial charge in [0.1, 0.15) is 0 Å². The average Bonchev–Trinajstić information content (AvgIpc) is 1.59. The summed E-state index contributed by atoms with van der Waals surface area (Å²) in [6, 6.07) is 0.365. The van der Waals surface area contributed by atoms with E-state index in [1.165, 1.54) is 0 Å². The lowest BCUT2D eigenvalue weighted by molar-refractivity contribution is -0.0365. The normalized spacial score (nSPS) is 40.5. The average molecular weight is 166 g/mol. The minimum Gasteiger partial charge on any atom is -0.375 e. The van der Waals surface area contributed by atoms with Crippen molar-refractivity contribution in [3.05, 3.63) is 0 Å². The van der Waals surface area contributed by atoms with Crippen molar-refractivity contribution < 1.29 is 4.74 Å². The van der Waals surface area contributed by atoms with Crippen LogP contribution in [0.2, 0.25) is 0 Å². The van der Waals surface area contributed by atoms with Crippen LogP contribution in [-0.2, 0) is 4.74 Å². The van der Waals surface area contributed by atoms with E-state index in [4.69, 9.17) is 10.5 Å². The summed E-state index contributed by atoms with van der Waals surface area (Å²) in [5.41, 5.74) is 5.74. The van der Waals surface area contributed by atoms with E-state index in [1.807, 2.05) is 0 Å². The maximum Gasteiger partial charge on any atom is 0.0565 e. The maximum atomic E-state index is 5.74. The largest absolute Gasteiger partial charge is 0.375 e. The van der Waals surface area contributed by atoms with Crippen molar-refractivity contribution in [1.29, 1.82) is 0 Å². The van der Waals surface area contributed by atoms with Gasteiger partial charge in [0.25, 0.3) is 0 Å². The van der Waals surface area contributed by atoms with Crippen LogP contribution in [0.25, 0.3) is 0 Å². The number of hydrogen-bond acceptors (Lipinski definition) is 2. The first kappa shape index (κ1) is 10.2. The van der Waals surface area contributed by atoms with Gasteiger partial charge in [0.2, 0.25) is 0 Å². The lowest BCUT2D eigenvalue weighted by Gasteiger charge is -2.29. The van der Waals surface area contributed by atoms with Crippen molar-refractivity contribution in [2.24, 2.45) is 5.73 Å². The second kappa shape index (κ2) is 4.16. The zero-order valence-electron chi connectivity index (χ0n) is 6.54. The summed E-state index contributed by atoms with van der Waals surface area (Å²) in [4.78, 5) is 0. The number of halogens is 1. The van der Waals surface area contributed by atoms with E-state index in [-0.39, 0.29) is 12.4 Å². The molecular formula is C7H16ClNO. The molecule has 2 atom stereocenters. The van der Waals surface area contributed by atoms with Crippen LogP contribution < -0.4 is 5.73 Å². The van der Waals surface area contributed by atoms with Crippen LogP contribution in [0.3, 0.4) is 0 Å². The summed E-state index contributed by atoms with van der Waals surface area (Å²) in [6.07, 6.45) is 2.77. The van der Waals surface area contributed by atoms with Gasteiger partial charge in [-0.1, -0.05) is 0 Å². The van der Waals surface area contributed by atoms with E-state index in [2.05, 4.69) is 13.8 Å². The summed E-state index contributed by atoms with van der Waals surface area (Å²) in [5.74, 6) is 0. The summed E-state index contributed by atoms with van der Waals surface area (Å²) < 4.78 is 5.48. The first-order chi connectivity index (χ1) is 4.18. The second-order valence-electron chi connectivity index (χ2n) is 2.99. The fraction of sp³-hybridized carbons (Fsp3) is 1.00. The fourth-order valence-electron chi connectivity index (χ4n) is 1.46. The molecule has 2 N–H and O–H groups in total. The Morgan fingerprint density at radius 1 is 1.20 bits per heavy atom. The number of ether oxygens (including phenoxy) is 1. The van der Waals surface area contributed by atoms with E-state index < -0.39 is 0 Å². The van der Waals surface area contributed by atoms with Gasteiger partial charge in [0.15, 0.2) is 0 Å². The summed E-state index contributed by atoms with van der Waals surface area (Å²) in [5, 5.41) is 0. The Kier molecular flexibility index (Phi) is 4.25. The van der Waals surface area contributed by atoms with Gasteiger partial charge in [-0.15, -0.1) is 12.4 Å². The number of hydrogen-bond donors (Lipinski definition) is 1. The molecule has 0 aromatic heterocycles. The van der Waals surface area contributed by atoms with Gasteiger partial charge in [-0.05, 0) is 26.7 Å². The molecule has 0 aromatic rings. The summed E-state index contributed by atoms with van der Waals surface area (Å²) in [6.45, 7) is 4.16. The highest BCUT2D eigenvalue weighted by Crippen LogP contribution is 2.16. The summed E-state index contributed by atoms with van der Waals surface area (Å²) >= 11 is 0. The molecule has 1 heterocycles. The zero-order chi connectivity index (χ0) is 6.85. The fourth-order valence-corrected chi connectivity index (χ4v) is 1.46. The van der Waals surface area contributed by atoms with Crippen LogP contribution in [0.5, 0.6) is 0 Å². The molecule has 0 saturated carbocycles. The van der Waals surface area contributed by atoms with Gasteiger partial charge in [0.05, 0.1) is 12.2 Å². The molecule has 3 heteroatoms. The van der Waals surface area contributed by atoms with Gasteiger partial charge in [-0.3, -0.25) is 0 Å². The molecule has 2 unspecified atom stereocenters. The smallest absolute Gasteiger partial charge is 0.0565 e. The van der Waals surface area contributed by atoms with Gasteiger partial charge < -0.3 is 10.5 Å². The molecular weight excluding hydrogens is 150 g/mol. The molecule has 10 heavy (non-hydrogen) atoms. The van der Waals surface area contributed by atoms with Gasteiger partial charge in [-0.2, -0.15) is 0 Å². The predicted molar refractivity (Wildman–Crippen MR) is 44.5 cm³/mol. The lowest BCUT2D eigenvalue weighted by atomic mass is 10.0. The first-order valence-electron chi connectivity index (χ1n) is 3.59. The van der Waals surface area contributed by atoms with Crippen LogP contribution in [0, 0.1) is 0 Å². The van der Waals surface area contributed by atoms with E-state index in [0.29, 0.717) is 18.2 Å². The highest BCUT2D eigenvalue weighted by atomic mass is 35.5. The third-order valence-corrected chi connectivity index (χ3v) is 1.73. The highest BCUT2D eigenvalue weighted by Gasteiger charge is 2.20. The van der Waals surface area contributed by atoms with Crippen molar-refractivity contribution in [3.63, 3.8) is 0 Å². The van der Waals surface area contributed by atoms with Gasteiger partial charge >= 0.3 is 0 Å². The Labute approximate surface area is 68.5 Å². The van der Waals surface area contributed by atoms with Crippen LogP contribution in [0.4, 0.5) is 0 Å². The molecule has 0 aromatic carbocycles. The molecule has 62 valence electrons. The first-order valence-corrected chi connectivity index (χ1v) is 3.59. The van der Waals surface area contributed by atoms with Crippen LogP contribution >= 0.6 is 12.4 Å².